The molecule has 0 spiro atoms. The molecular formula is C12H15N3OS. The molecule has 0 radical (unpaired) electrons. The Balaban J connectivity index is 2.57. The smallest absolute Gasteiger partial charge is 0.250 e. The van der Waals surface area contributed by atoms with Crippen LogP contribution in [0.5, 0.6) is 0 Å². The van der Waals surface area contributed by atoms with Crippen LogP contribution >= 0.6 is 11.3 Å². The third-order valence-corrected chi connectivity index (χ3v) is 3.79. The maximum absolute atomic E-state index is 11.3. The van der Waals surface area contributed by atoms with Crippen LogP contribution in [0, 0.1) is 0 Å². The van der Waals surface area contributed by atoms with Crippen molar-refractivity contribution in [3.8, 4) is 0 Å². The number of primary amides is 1. The summed E-state index contributed by atoms with van der Waals surface area (Å²) < 4.78 is 1.00. The molecule has 1 amide bonds. The SMILES string of the molecule is CCN(CC)c1nc2c(C(N)=O)cccc2s1. The minimum atomic E-state index is -0.424. The Morgan fingerprint density at radius 1 is 1.41 bits per heavy atom. The van der Waals surface area contributed by atoms with Gasteiger partial charge in [-0.1, -0.05) is 17.4 Å². The molecular weight excluding hydrogens is 234 g/mol. The number of thiazole rings is 1. The summed E-state index contributed by atoms with van der Waals surface area (Å²) in [5.74, 6) is -0.424. The molecule has 90 valence electrons. The molecule has 0 atom stereocenters. The lowest BCUT2D eigenvalue weighted by Gasteiger charge is -2.16. The maximum atomic E-state index is 11.3. The second-order valence-corrected chi connectivity index (χ2v) is 4.69. The summed E-state index contributed by atoms with van der Waals surface area (Å²) in [5.41, 5.74) is 6.55. The third-order valence-electron chi connectivity index (χ3n) is 2.71. The summed E-state index contributed by atoms with van der Waals surface area (Å²) in [7, 11) is 0. The van der Waals surface area contributed by atoms with Crippen molar-refractivity contribution in [1.29, 1.82) is 0 Å². The van der Waals surface area contributed by atoms with Crippen molar-refractivity contribution in [2.75, 3.05) is 18.0 Å². The van der Waals surface area contributed by atoms with E-state index in [2.05, 4.69) is 23.7 Å². The van der Waals surface area contributed by atoms with Gasteiger partial charge in [-0.05, 0) is 26.0 Å². The van der Waals surface area contributed by atoms with Gasteiger partial charge in [0, 0.05) is 13.1 Å². The molecule has 2 rings (SSSR count). The van der Waals surface area contributed by atoms with E-state index in [1.54, 1.807) is 17.4 Å². The molecule has 0 bridgehead atoms. The lowest BCUT2D eigenvalue weighted by Crippen LogP contribution is -2.21. The zero-order chi connectivity index (χ0) is 12.4. The number of nitrogens with two attached hydrogens (primary N) is 1. The maximum Gasteiger partial charge on any atom is 0.250 e. The molecule has 0 aliphatic carbocycles. The van der Waals surface area contributed by atoms with Gasteiger partial charge < -0.3 is 10.6 Å². The fraction of sp³-hybridized carbons (Fsp3) is 0.333. The van der Waals surface area contributed by atoms with Crippen LogP contribution in [0.1, 0.15) is 24.2 Å². The van der Waals surface area contributed by atoms with Crippen molar-refractivity contribution in [2.45, 2.75) is 13.8 Å². The summed E-state index contributed by atoms with van der Waals surface area (Å²) in [5, 5.41) is 0.943. The number of fused-ring (bicyclic) bond motifs is 1. The van der Waals surface area contributed by atoms with E-state index >= 15 is 0 Å². The fourth-order valence-corrected chi connectivity index (χ4v) is 2.88. The van der Waals surface area contributed by atoms with Gasteiger partial charge in [0.25, 0.3) is 5.91 Å². The number of benzene rings is 1. The molecule has 4 nitrogen and oxygen atoms in total. The van der Waals surface area contributed by atoms with E-state index in [-0.39, 0.29) is 0 Å². The Morgan fingerprint density at radius 2 is 2.12 bits per heavy atom. The average Bonchev–Trinajstić information content (AvgIpc) is 2.73. The van der Waals surface area contributed by atoms with E-state index in [9.17, 15) is 4.79 Å². The Morgan fingerprint density at radius 3 is 2.71 bits per heavy atom. The Hall–Kier alpha value is -1.62. The van der Waals surface area contributed by atoms with Gasteiger partial charge in [-0.3, -0.25) is 4.79 Å². The van der Waals surface area contributed by atoms with Crippen molar-refractivity contribution >= 4 is 32.6 Å². The zero-order valence-corrected chi connectivity index (χ0v) is 10.8. The molecule has 1 heterocycles. The fourth-order valence-electron chi connectivity index (χ4n) is 1.77. The quantitative estimate of drug-likeness (QED) is 0.904. The summed E-state index contributed by atoms with van der Waals surface area (Å²) in [6.45, 7) is 5.99. The first-order valence-electron chi connectivity index (χ1n) is 5.61. The predicted octanol–water partition coefficient (Wildman–Crippen LogP) is 2.24. The molecule has 0 fully saturated rings. The van der Waals surface area contributed by atoms with Crippen molar-refractivity contribution < 1.29 is 4.79 Å². The van der Waals surface area contributed by atoms with E-state index in [4.69, 9.17) is 5.73 Å². The first-order chi connectivity index (χ1) is 8.17. The molecule has 17 heavy (non-hydrogen) atoms. The lowest BCUT2D eigenvalue weighted by atomic mass is 10.2. The van der Waals surface area contributed by atoms with Gasteiger partial charge in [0.05, 0.1) is 15.8 Å². The molecule has 2 aromatic rings. The van der Waals surface area contributed by atoms with Gasteiger partial charge in [0.2, 0.25) is 0 Å². The van der Waals surface area contributed by atoms with Crippen molar-refractivity contribution in [3.05, 3.63) is 23.8 Å². The van der Waals surface area contributed by atoms with Crippen LogP contribution in [0.15, 0.2) is 18.2 Å². The topological polar surface area (TPSA) is 59.2 Å². The summed E-state index contributed by atoms with van der Waals surface area (Å²) >= 11 is 1.59. The molecule has 0 saturated heterocycles. The third kappa shape index (κ3) is 2.10. The zero-order valence-electron chi connectivity index (χ0n) is 9.93. The first kappa shape index (κ1) is 11.9. The number of aromatic nitrogens is 1. The summed E-state index contributed by atoms with van der Waals surface area (Å²) in [6, 6.07) is 5.52. The molecule has 2 N–H and O–H groups in total. The van der Waals surface area contributed by atoms with Crippen LogP contribution in [0.3, 0.4) is 0 Å². The molecule has 0 unspecified atom stereocenters. The van der Waals surface area contributed by atoms with Gasteiger partial charge in [-0.2, -0.15) is 0 Å². The van der Waals surface area contributed by atoms with E-state index < -0.39 is 5.91 Å². The normalized spacial score (nSPS) is 10.7. The lowest BCUT2D eigenvalue weighted by molar-refractivity contribution is 0.100. The summed E-state index contributed by atoms with van der Waals surface area (Å²) in [6.07, 6.45) is 0. The highest BCUT2D eigenvalue weighted by molar-refractivity contribution is 7.22. The number of hydrogen-bond donors (Lipinski definition) is 1. The molecule has 1 aromatic heterocycles. The van der Waals surface area contributed by atoms with Crippen LogP contribution in [0.25, 0.3) is 10.2 Å². The number of hydrogen-bond acceptors (Lipinski definition) is 4. The van der Waals surface area contributed by atoms with Gasteiger partial charge in [-0.15, -0.1) is 0 Å². The number of rotatable bonds is 4. The average molecular weight is 249 g/mol. The van der Waals surface area contributed by atoms with Gasteiger partial charge in [0.1, 0.15) is 0 Å². The van der Waals surface area contributed by atoms with Crippen molar-refractivity contribution in [1.82, 2.24) is 4.98 Å². The summed E-state index contributed by atoms with van der Waals surface area (Å²) in [4.78, 5) is 18.0. The van der Waals surface area contributed by atoms with Crippen LogP contribution < -0.4 is 10.6 Å². The van der Waals surface area contributed by atoms with Crippen LogP contribution in [0.2, 0.25) is 0 Å². The molecule has 0 aliphatic heterocycles. The predicted molar refractivity (Wildman–Crippen MR) is 71.7 cm³/mol. The largest absolute Gasteiger partial charge is 0.366 e. The van der Waals surface area contributed by atoms with Crippen LogP contribution in [-0.4, -0.2) is 24.0 Å². The second kappa shape index (κ2) is 4.71. The monoisotopic (exact) mass is 249 g/mol. The standard InChI is InChI=1S/C12H15N3OS/c1-3-15(4-2)12-14-10-8(11(13)16)6-5-7-9(10)17-12/h5-7H,3-4H2,1-2H3,(H2,13,16). The minimum absolute atomic E-state index is 0.424. The number of amides is 1. The van der Waals surface area contributed by atoms with E-state index in [1.165, 1.54) is 0 Å². The van der Waals surface area contributed by atoms with E-state index in [0.29, 0.717) is 11.1 Å². The molecule has 0 aliphatic rings. The van der Waals surface area contributed by atoms with Crippen LogP contribution in [0.4, 0.5) is 5.13 Å². The highest BCUT2D eigenvalue weighted by Gasteiger charge is 2.13. The Bertz CT molecular complexity index is 546. The van der Waals surface area contributed by atoms with Crippen LogP contribution in [-0.2, 0) is 0 Å². The number of nitrogens with zero attached hydrogens (tertiary/aromatic N) is 2. The molecule has 1 aromatic carbocycles. The van der Waals surface area contributed by atoms with Crippen molar-refractivity contribution in [3.63, 3.8) is 0 Å². The Labute approximate surface area is 104 Å². The second-order valence-electron chi connectivity index (χ2n) is 3.69. The van der Waals surface area contributed by atoms with Gasteiger partial charge in [-0.25, -0.2) is 4.98 Å². The molecule has 5 heteroatoms. The number of anilines is 1. The van der Waals surface area contributed by atoms with E-state index in [0.717, 1.165) is 22.9 Å². The number of para-hydroxylation sites is 1. The number of carbonyl (C=O) groups excluding carboxylic acids is 1. The van der Waals surface area contributed by atoms with Crippen molar-refractivity contribution in [2.24, 2.45) is 5.73 Å². The number of carbonyl (C=O) groups is 1. The highest BCUT2D eigenvalue weighted by Crippen LogP contribution is 2.30. The highest BCUT2D eigenvalue weighted by atomic mass is 32.1. The van der Waals surface area contributed by atoms with E-state index in [1.807, 2.05) is 12.1 Å². The minimum Gasteiger partial charge on any atom is -0.366 e. The van der Waals surface area contributed by atoms with Gasteiger partial charge >= 0.3 is 0 Å². The molecule has 0 saturated carbocycles. The van der Waals surface area contributed by atoms with Gasteiger partial charge in [0.15, 0.2) is 5.13 Å². The Kier molecular flexibility index (Phi) is 3.28. The first-order valence-corrected chi connectivity index (χ1v) is 6.43.